The van der Waals surface area contributed by atoms with Gasteiger partial charge in [0.1, 0.15) is 22.4 Å². The monoisotopic (exact) mass is 735 g/mol. The third-order valence-electron chi connectivity index (χ3n) is 8.41. The van der Waals surface area contributed by atoms with Gasteiger partial charge in [0.2, 0.25) is 0 Å². The number of ether oxygens (including phenoxy) is 3. The maximum Gasteiger partial charge on any atom is 0.277 e. The Morgan fingerprint density at radius 3 is 2.52 bits per heavy atom. The summed E-state index contributed by atoms with van der Waals surface area (Å²) in [6.07, 6.45) is 0. The number of hydrogen-bond donors (Lipinski definition) is 0. The summed E-state index contributed by atoms with van der Waals surface area (Å²) >= 11 is 2.87. The van der Waals surface area contributed by atoms with Crippen LogP contribution in [0.15, 0.2) is 56.6 Å². The highest BCUT2D eigenvalue weighted by Gasteiger charge is 2.34. The second-order valence-electron chi connectivity index (χ2n) is 12.0. The van der Waals surface area contributed by atoms with Gasteiger partial charge in [0.05, 0.1) is 42.1 Å². The van der Waals surface area contributed by atoms with Crippen LogP contribution in [0.2, 0.25) is 0 Å². The van der Waals surface area contributed by atoms with E-state index in [-0.39, 0.29) is 23.4 Å². The summed E-state index contributed by atoms with van der Waals surface area (Å²) in [4.78, 5) is 6.68. The molecule has 50 heavy (non-hydrogen) atoms. The molecule has 0 aliphatic heterocycles. The van der Waals surface area contributed by atoms with E-state index in [9.17, 15) is 8.42 Å². The van der Waals surface area contributed by atoms with Crippen LogP contribution in [0.1, 0.15) is 45.6 Å². The van der Waals surface area contributed by atoms with Crippen LogP contribution in [0.25, 0.3) is 32.6 Å². The second-order valence-corrected chi connectivity index (χ2v) is 16.2. The second kappa shape index (κ2) is 15.1. The Balaban J connectivity index is 1.42. The molecule has 5 heterocycles. The van der Waals surface area contributed by atoms with Crippen molar-refractivity contribution in [2.24, 2.45) is 0 Å². The van der Waals surface area contributed by atoms with Crippen LogP contribution < -0.4 is 4.31 Å². The van der Waals surface area contributed by atoms with Crippen LogP contribution in [0.3, 0.4) is 0 Å². The summed E-state index contributed by atoms with van der Waals surface area (Å²) in [5, 5.41) is 12.3. The van der Waals surface area contributed by atoms with E-state index in [1.807, 2.05) is 56.6 Å². The summed E-state index contributed by atoms with van der Waals surface area (Å²) in [6, 6.07) is 14.2. The number of rotatable bonds is 15. The molecule has 0 amide bonds. The van der Waals surface area contributed by atoms with Crippen LogP contribution in [-0.4, -0.2) is 62.0 Å². The van der Waals surface area contributed by atoms with Gasteiger partial charge >= 0.3 is 0 Å². The van der Waals surface area contributed by atoms with Gasteiger partial charge in [-0.1, -0.05) is 29.4 Å². The first kappa shape index (κ1) is 35.9. The van der Waals surface area contributed by atoms with Crippen molar-refractivity contribution in [1.29, 1.82) is 0 Å². The fourth-order valence-corrected chi connectivity index (χ4v) is 9.70. The summed E-state index contributed by atoms with van der Waals surface area (Å²) in [5.74, 6) is 0.721. The largest absolute Gasteiger partial charge is 0.382 e. The molecule has 1 aromatic carbocycles. The van der Waals surface area contributed by atoms with Crippen molar-refractivity contribution in [3.05, 3.63) is 86.6 Å². The molecule has 5 aromatic heterocycles. The molecular formula is C36H41N5O6S3. The van der Waals surface area contributed by atoms with Gasteiger partial charge in [-0.2, -0.15) is 5.10 Å². The van der Waals surface area contributed by atoms with E-state index in [1.165, 1.54) is 15.6 Å². The summed E-state index contributed by atoms with van der Waals surface area (Å²) in [7, 11) is -2.59. The predicted octanol–water partition coefficient (Wildman–Crippen LogP) is 7.82. The summed E-state index contributed by atoms with van der Waals surface area (Å²) < 4.78 is 54.7. The number of pyridine rings is 1. The van der Waals surface area contributed by atoms with E-state index in [0.717, 1.165) is 54.4 Å². The van der Waals surface area contributed by atoms with Crippen LogP contribution in [0, 0.1) is 34.6 Å². The quantitative estimate of drug-likeness (QED) is 0.0768. The Morgan fingerprint density at radius 2 is 1.82 bits per heavy atom. The van der Waals surface area contributed by atoms with Crippen molar-refractivity contribution in [2.45, 2.75) is 58.9 Å². The minimum absolute atomic E-state index is 0.188. The van der Waals surface area contributed by atoms with E-state index >= 15 is 0 Å². The van der Waals surface area contributed by atoms with Gasteiger partial charge in [0.25, 0.3) is 10.0 Å². The Morgan fingerprint density at radius 1 is 1.00 bits per heavy atom. The number of benzene rings is 1. The number of aryl methyl sites for hydroxylation is 4. The molecule has 264 valence electrons. The highest BCUT2D eigenvalue weighted by atomic mass is 32.2. The van der Waals surface area contributed by atoms with Crippen molar-refractivity contribution >= 4 is 49.4 Å². The lowest BCUT2D eigenvalue weighted by atomic mass is 9.99. The molecule has 0 spiro atoms. The highest BCUT2D eigenvalue weighted by Crippen LogP contribution is 2.41. The van der Waals surface area contributed by atoms with E-state index in [1.54, 1.807) is 32.3 Å². The topological polar surface area (TPSA) is 122 Å². The molecule has 0 fully saturated rings. The fourth-order valence-electron chi connectivity index (χ4n) is 5.89. The van der Waals surface area contributed by atoms with Gasteiger partial charge in [-0.25, -0.2) is 12.7 Å². The number of methoxy groups -OCH3 is 1. The zero-order valence-electron chi connectivity index (χ0n) is 29.3. The van der Waals surface area contributed by atoms with Crippen LogP contribution in [-0.2, 0) is 37.4 Å². The van der Waals surface area contributed by atoms with E-state index in [2.05, 4.69) is 28.7 Å². The van der Waals surface area contributed by atoms with Gasteiger partial charge < -0.3 is 18.7 Å². The first-order valence-electron chi connectivity index (χ1n) is 16.2. The zero-order chi connectivity index (χ0) is 35.6. The van der Waals surface area contributed by atoms with Crippen molar-refractivity contribution in [3.63, 3.8) is 0 Å². The smallest absolute Gasteiger partial charge is 0.277 e. The lowest BCUT2D eigenvalue weighted by molar-refractivity contribution is 0.0753. The number of sulfonamides is 1. The molecular weight excluding hydrogens is 695 g/mol. The molecule has 0 radical (unpaired) electrons. The van der Waals surface area contributed by atoms with Crippen molar-refractivity contribution in [3.8, 4) is 21.7 Å². The van der Waals surface area contributed by atoms with Gasteiger partial charge in [-0.15, -0.1) is 22.7 Å². The zero-order valence-corrected chi connectivity index (χ0v) is 31.7. The number of hydrogen-bond acceptors (Lipinski definition) is 11. The molecule has 0 bridgehead atoms. The fraction of sp³-hybridized carbons (Fsp3) is 0.361. The third kappa shape index (κ3) is 7.13. The average molecular weight is 736 g/mol. The van der Waals surface area contributed by atoms with Crippen molar-refractivity contribution < 1.29 is 27.2 Å². The molecule has 0 N–H and O–H groups in total. The average Bonchev–Trinajstić information content (AvgIpc) is 3.89. The van der Waals surface area contributed by atoms with Gasteiger partial charge in [0.15, 0.2) is 5.82 Å². The molecule has 0 aliphatic rings. The molecule has 6 aromatic rings. The normalized spacial score (nSPS) is 12.0. The molecule has 0 saturated carbocycles. The third-order valence-corrected chi connectivity index (χ3v) is 12.6. The predicted molar refractivity (Wildman–Crippen MR) is 198 cm³/mol. The lowest BCUT2D eigenvalue weighted by Gasteiger charge is -2.23. The number of fused-ring (bicyclic) bond motifs is 1. The minimum Gasteiger partial charge on any atom is -0.382 e. The summed E-state index contributed by atoms with van der Waals surface area (Å²) in [5.41, 5.74) is 7.68. The number of aromatic nitrogens is 4. The van der Waals surface area contributed by atoms with Gasteiger partial charge in [0, 0.05) is 41.1 Å². The molecule has 11 nitrogen and oxygen atoms in total. The molecule has 0 unspecified atom stereocenters. The number of thiophene rings is 2. The number of nitrogens with zero attached hydrogens (tertiary/aromatic N) is 5. The van der Waals surface area contributed by atoms with E-state index in [0.29, 0.717) is 43.3 Å². The Bertz CT molecular complexity index is 2220. The van der Waals surface area contributed by atoms with Crippen LogP contribution >= 0.6 is 22.7 Å². The van der Waals surface area contributed by atoms with E-state index in [4.69, 9.17) is 28.8 Å². The Kier molecular flexibility index (Phi) is 10.9. The lowest BCUT2D eigenvalue weighted by Crippen LogP contribution is -2.34. The molecule has 0 aliphatic carbocycles. The first-order chi connectivity index (χ1) is 24.0. The Hall–Kier alpha value is -3.92. The highest BCUT2D eigenvalue weighted by molar-refractivity contribution is 7.95. The maximum atomic E-state index is 14.6. The minimum atomic E-state index is -4.15. The van der Waals surface area contributed by atoms with Crippen LogP contribution in [0.5, 0.6) is 0 Å². The van der Waals surface area contributed by atoms with E-state index < -0.39 is 10.0 Å². The summed E-state index contributed by atoms with van der Waals surface area (Å²) in [6.45, 7) is 13.0. The maximum absolute atomic E-state index is 14.6. The number of anilines is 1. The SMILES string of the molecule is CCOCc1cc(Cn2nc(-c3cccs3)c3c(C)nc(C)cc32)ccc1-c1cc(C)sc1S(=O)(=O)N(COCCOC)c1noc(C)c1C. The van der Waals surface area contributed by atoms with Crippen molar-refractivity contribution in [1.82, 2.24) is 19.9 Å². The van der Waals surface area contributed by atoms with Crippen LogP contribution in [0.4, 0.5) is 5.82 Å². The molecule has 14 heteroatoms. The Labute approximate surface area is 300 Å². The standard InChI is InChI=1S/C36H41N5O6S3/c1-8-45-20-28-18-27(19-40-31-16-22(2)37-25(5)33(31)34(38-40)32-10-9-15-48-32)11-12-29(28)30-17-23(3)49-36(30)50(42,43)41(21-46-14-13-44-7)35-24(4)26(6)47-39-35/h9-12,15-18H,8,13-14,19-21H2,1-7H3. The molecule has 0 atom stereocenters. The van der Waals surface area contributed by atoms with Gasteiger partial charge in [-0.3, -0.25) is 9.67 Å². The first-order valence-corrected chi connectivity index (χ1v) is 19.4. The van der Waals surface area contributed by atoms with Gasteiger partial charge in [-0.05, 0) is 81.8 Å². The molecule has 0 saturated heterocycles. The van der Waals surface area contributed by atoms with Crippen molar-refractivity contribution in [2.75, 3.05) is 38.0 Å². The molecule has 6 rings (SSSR count).